The second-order valence-electron chi connectivity index (χ2n) is 5.96. The lowest BCUT2D eigenvalue weighted by atomic mass is 9.97. The van der Waals surface area contributed by atoms with Crippen LogP contribution in [0.4, 0.5) is 5.82 Å². The molecule has 0 saturated carbocycles. The first kappa shape index (κ1) is 13.6. The van der Waals surface area contributed by atoms with E-state index in [1.807, 2.05) is 12.1 Å². The van der Waals surface area contributed by atoms with Gasteiger partial charge in [-0.25, -0.2) is 4.98 Å². The second-order valence-corrected chi connectivity index (χ2v) is 5.96. The zero-order valence-electron chi connectivity index (χ0n) is 12.3. The zero-order valence-corrected chi connectivity index (χ0v) is 12.3. The quantitative estimate of drug-likeness (QED) is 0.932. The van der Waals surface area contributed by atoms with Crippen LogP contribution in [0.15, 0.2) is 29.0 Å². The molecule has 0 aromatic carbocycles. The second kappa shape index (κ2) is 5.61. The topological polar surface area (TPSA) is 67.6 Å². The minimum absolute atomic E-state index is 0.0480. The SMILES string of the molecule is O=C(NC1CCOCC1)C1CN(c2nccc3occc23)C1. The van der Waals surface area contributed by atoms with Crippen molar-refractivity contribution in [2.75, 3.05) is 31.2 Å². The Labute approximate surface area is 128 Å². The van der Waals surface area contributed by atoms with Crippen LogP contribution in [0.1, 0.15) is 12.8 Å². The normalized spacial score (nSPS) is 20.1. The summed E-state index contributed by atoms with van der Waals surface area (Å²) in [4.78, 5) is 18.8. The fourth-order valence-corrected chi connectivity index (χ4v) is 3.11. The molecule has 0 aliphatic carbocycles. The number of carbonyl (C=O) groups excluding carboxylic acids is 1. The number of carbonyl (C=O) groups is 1. The van der Waals surface area contributed by atoms with E-state index >= 15 is 0 Å². The average Bonchev–Trinajstić information content (AvgIpc) is 2.96. The van der Waals surface area contributed by atoms with Gasteiger partial charge in [0.05, 0.1) is 17.6 Å². The number of hydrogen-bond acceptors (Lipinski definition) is 5. The molecule has 4 rings (SSSR count). The summed E-state index contributed by atoms with van der Waals surface area (Å²) in [6.07, 6.45) is 5.25. The lowest BCUT2D eigenvalue weighted by molar-refractivity contribution is -0.127. The van der Waals surface area contributed by atoms with E-state index in [1.165, 1.54) is 0 Å². The molecule has 0 bridgehead atoms. The fourth-order valence-electron chi connectivity index (χ4n) is 3.11. The molecule has 22 heavy (non-hydrogen) atoms. The van der Waals surface area contributed by atoms with E-state index in [0.717, 1.165) is 42.8 Å². The van der Waals surface area contributed by atoms with Gasteiger partial charge in [-0.15, -0.1) is 0 Å². The maximum Gasteiger partial charge on any atom is 0.226 e. The van der Waals surface area contributed by atoms with E-state index in [0.29, 0.717) is 13.1 Å². The van der Waals surface area contributed by atoms with Crippen molar-refractivity contribution in [3.05, 3.63) is 24.6 Å². The van der Waals surface area contributed by atoms with Crippen molar-refractivity contribution >= 4 is 22.7 Å². The Hall–Kier alpha value is -2.08. The Morgan fingerprint density at radius 2 is 2.09 bits per heavy atom. The Morgan fingerprint density at radius 1 is 1.27 bits per heavy atom. The molecular weight excluding hydrogens is 282 g/mol. The number of nitrogens with zero attached hydrogens (tertiary/aromatic N) is 2. The number of furan rings is 1. The van der Waals surface area contributed by atoms with Crippen LogP contribution in [-0.2, 0) is 9.53 Å². The number of rotatable bonds is 3. The van der Waals surface area contributed by atoms with Gasteiger partial charge >= 0.3 is 0 Å². The molecule has 6 heteroatoms. The highest BCUT2D eigenvalue weighted by molar-refractivity contribution is 5.90. The number of fused-ring (bicyclic) bond motifs is 1. The largest absolute Gasteiger partial charge is 0.464 e. The van der Waals surface area contributed by atoms with Gasteiger partial charge in [-0.2, -0.15) is 0 Å². The van der Waals surface area contributed by atoms with Crippen LogP contribution >= 0.6 is 0 Å². The third kappa shape index (κ3) is 2.43. The van der Waals surface area contributed by atoms with Gasteiger partial charge in [0.15, 0.2) is 0 Å². The summed E-state index contributed by atoms with van der Waals surface area (Å²) < 4.78 is 10.7. The molecule has 2 aromatic heterocycles. The Morgan fingerprint density at radius 3 is 2.91 bits per heavy atom. The molecule has 116 valence electrons. The van der Waals surface area contributed by atoms with Crippen molar-refractivity contribution in [3.8, 4) is 0 Å². The third-order valence-electron chi connectivity index (χ3n) is 4.48. The molecule has 0 unspecified atom stereocenters. The van der Waals surface area contributed by atoms with Gasteiger partial charge in [-0.3, -0.25) is 4.79 Å². The van der Waals surface area contributed by atoms with Gasteiger partial charge in [0.2, 0.25) is 5.91 Å². The molecule has 0 atom stereocenters. The van der Waals surface area contributed by atoms with Crippen molar-refractivity contribution in [2.24, 2.45) is 5.92 Å². The fraction of sp³-hybridized carbons (Fsp3) is 0.500. The Kier molecular flexibility index (Phi) is 3.46. The number of anilines is 1. The van der Waals surface area contributed by atoms with Crippen LogP contribution in [-0.4, -0.2) is 43.2 Å². The number of ether oxygens (including phenoxy) is 1. The number of hydrogen-bond donors (Lipinski definition) is 1. The average molecular weight is 301 g/mol. The predicted molar refractivity (Wildman–Crippen MR) is 81.7 cm³/mol. The van der Waals surface area contributed by atoms with Crippen molar-refractivity contribution in [2.45, 2.75) is 18.9 Å². The summed E-state index contributed by atoms with van der Waals surface area (Å²) in [6.45, 7) is 2.92. The van der Waals surface area contributed by atoms with E-state index in [9.17, 15) is 4.79 Å². The molecule has 2 aliphatic heterocycles. The van der Waals surface area contributed by atoms with Crippen LogP contribution in [0, 0.1) is 5.92 Å². The van der Waals surface area contributed by atoms with E-state index in [4.69, 9.17) is 9.15 Å². The van der Waals surface area contributed by atoms with Crippen LogP contribution < -0.4 is 10.2 Å². The summed E-state index contributed by atoms with van der Waals surface area (Å²) >= 11 is 0. The van der Waals surface area contributed by atoms with E-state index in [1.54, 1.807) is 12.5 Å². The maximum absolute atomic E-state index is 12.3. The molecule has 2 saturated heterocycles. The zero-order chi connectivity index (χ0) is 14.9. The molecule has 2 aromatic rings. The Balaban J connectivity index is 1.37. The lowest BCUT2D eigenvalue weighted by Crippen LogP contribution is -2.56. The van der Waals surface area contributed by atoms with Gasteiger partial charge in [0, 0.05) is 38.5 Å². The molecule has 4 heterocycles. The van der Waals surface area contributed by atoms with Crippen molar-refractivity contribution in [3.63, 3.8) is 0 Å². The molecule has 1 amide bonds. The monoisotopic (exact) mass is 301 g/mol. The highest BCUT2D eigenvalue weighted by Gasteiger charge is 2.35. The standard InChI is InChI=1S/C16H19N3O3/c20-16(18-12-2-6-21-7-3-12)11-9-19(10-11)15-13-4-8-22-14(13)1-5-17-15/h1,4-5,8,11-12H,2-3,6-7,9-10H2,(H,18,20). The highest BCUT2D eigenvalue weighted by atomic mass is 16.5. The number of amides is 1. The first-order chi connectivity index (χ1) is 10.8. The van der Waals surface area contributed by atoms with E-state index < -0.39 is 0 Å². The van der Waals surface area contributed by atoms with Crippen molar-refractivity contribution < 1.29 is 13.9 Å². The number of aromatic nitrogens is 1. The van der Waals surface area contributed by atoms with Crippen molar-refractivity contribution in [1.29, 1.82) is 0 Å². The minimum atomic E-state index is 0.0480. The number of nitrogens with one attached hydrogen (secondary N) is 1. The molecule has 2 aliphatic rings. The van der Waals surface area contributed by atoms with Gasteiger partial charge < -0.3 is 19.4 Å². The molecule has 1 N–H and O–H groups in total. The molecular formula is C16H19N3O3. The summed E-state index contributed by atoms with van der Waals surface area (Å²) in [5, 5.41) is 4.15. The molecule has 2 fully saturated rings. The minimum Gasteiger partial charge on any atom is -0.464 e. The molecule has 0 spiro atoms. The van der Waals surface area contributed by atoms with Crippen LogP contribution in [0.5, 0.6) is 0 Å². The van der Waals surface area contributed by atoms with Gasteiger partial charge in [0.1, 0.15) is 11.4 Å². The van der Waals surface area contributed by atoms with Gasteiger partial charge in [0.25, 0.3) is 0 Å². The maximum atomic E-state index is 12.3. The van der Waals surface area contributed by atoms with Gasteiger partial charge in [-0.1, -0.05) is 0 Å². The highest BCUT2D eigenvalue weighted by Crippen LogP contribution is 2.30. The van der Waals surface area contributed by atoms with Gasteiger partial charge in [-0.05, 0) is 25.0 Å². The lowest BCUT2D eigenvalue weighted by Gasteiger charge is -2.40. The summed E-state index contributed by atoms with van der Waals surface area (Å²) in [5.41, 5.74) is 0.833. The summed E-state index contributed by atoms with van der Waals surface area (Å²) in [6, 6.07) is 4.05. The van der Waals surface area contributed by atoms with E-state index in [-0.39, 0.29) is 17.9 Å². The molecule has 6 nitrogen and oxygen atoms in total. The van der Waals surface area contributed by atoms with Crippen molar-refractivity contribution in [1.82, 2.24) is 10.3 Å². The first-order valence-electron chi connectivity index (χ1n) is 7.76. The Bertz CT molecular complexity index is 672. The first-order valence-corrected chi connectivity index (χ1v) is 7.76. The van der Waals surface area contributed by atoms with Crippen LogP contribution in [0.25, 0.3) is 11.0 Å². The van der Waals surface area contributed by atoms with Crippen LogP contribution in [0.3, 0.4) is 0 Å². The van der Waals surface area contributed by atoms with E-state index in [2.05, 4.69) is 15.2 Å². The number of pyridine rings is 1. The summed E-state index contributed by atoms with van der Waals surface area (Å²) in [5.74, 6) is 1.11. The predicted octanol–water partition coefficient (Wildman–Crippen LogP) is 1.56. The van der Waals surface area contributed by atoms with Crippen LogP contribution in [0.2, 0.25) is 0 Å². The smallest absolute Gasteiger partial charge is 0.226 e. The third-order valence-corrected chi connectivity index (χ3v) is 4.48. The molecule has 0 radical (unpaired) electrons. The summed E-state index contributed by atoms with van der Waals surface area (Å²) in [7, 11) is 0.